The average molecular weight is 867 g/mol. The Hall–Kier alpha value is -1.31. The van der Waals surface area contributed by atoms with Crippen molar-refractivity contribution in [2.24, 2.45) is 50.2 Å². The van der Waals surface area contributed by atoms with E-state index in [2.05, 4.69) is 54.5 Å². The van der Waals surface area contributed by atoms with Gasteiger partial charge in [-0.15, -0.1) is 0 Å². The third-order valence-corrected chi connectivity index (χ3v) is 18.5. The zero-order valence-corrected chi connectivity index (χ0v) is 37.3. The number of hydrogen-bond acceptors (Lipinski definition) is 14. The molecule has 0 radical (unpaired) electrons. The van der Waals surface area contributed by atoms with Crippen molar-refractivity contribution in [3.8, 4) is 0 Å². The number of carboxylic acid groups (broad SMARTS) is 1. The first-order valence-corrected chi connectivity index (χ1v) is 23.0. The molecule has 5 aliphatic carbocycles. The molecule has 0 bridgehead atoms. The van der Waals surface area contributed by atoms with Crippen LogP contribution >= 0.6 is 0 Å². The second-order valence-electron chi connectivity index (χ2n) is 22.6. The van der Waals surface area contributed by atoms with Crippen LogP contribution in [-0.4, -0.2) is 146 Å². The molecule has 15 heteroatoms. The number of rotatable bonds is 7. The topological polar surface area (TPSA) is 234 Å². The maximum Gasteiger partial charge on any atom is 0.310 e. The Morgan fingerprint density at radius 3 is 2.00 bits per heavy atom. The minimum Gasteiger partial charge on any atom is -0.481 e. The molecule has 61 heavy (non-hydrogen) atoms. The molecule has 0 unspecified atom stereocenters. The second-order valence-corrected chi connectivity index (χ2v) is 22.6. The molecule has 21 atom stereocenters. The van der Waals surface area contributed by atoms with Crippen molar-refractivity contribution in [2.45, 2.75) is 206 Å². The minimum atomic E-state index is -1.69. The van der Waals surface area contributed by atoms with Crippen molar-refractivity contribution in [2.75, 3.05) is 13.2 Å². The molecule has 15 nitrogen and oxygen atoms in total. The molecule has 8 rings (SSSR count). The Labute approximate surface area is 360 Å². The van der Waals surface area contributed by atoms with Crippen LogP contribution in [-0.2, 0) is 33.2 Å². The maximum absolute atomic E-state index is 13.1. The number of aliphatic carboxylic acids is 1. The highest BCUT2D eigenvalue weighted by Gasteiger charge is 2.69. The van der Waals surface area contributed by atoms with Crippen LogP contribution in [0.25, 0.3) is 0 Å². The number of allylic oxidation sites excluding steroid dienone is 2. The van der Waals surface area contributed by atoms with Crippen LogP contribution in [0.4, 0.5) is 0 Å². The molecule has 7 fully saturated rings. The SMILES string of the molecule is C[C@@H]1O[C@@H](O[C@H]2[C@H](O[C@H]3CC[C@]4(C)[C@H]5CC=C6[C@@H]7CC(C)(C)CC[C@]7(C(=O)O)CC[C@@]6(C)[C@]5(C)CC[C@H]4C3(C)C)OC[C@H](O)[C@@H]2O)[C@H](O)[C@H](O[C@@H]2OC[C@@H](O)[C@H](O)[C@H]2O)[C@H]1O. The first-order valence-electron chi connectivity index (χ1n) is 23.0. The number of carboxylic acids is 1. The molecular formula is C46H74O15. The predicted octanol–water partition coefficient (Wildman–Crippen LogP) is 3.01. The summed E-state index contributed by atoms with van der Waals surface area (Å²) in [6.07, 6.45) is -7.57. The smallest absolute Gasteiger partial charge is 0.310 e. The summed E-state index contributed by atoms with van der Waals surface area (Å²) in [5, 5.41) is 85.9. The standard InChI is InChI=1S/C46H74O15/c1-22-30(49)35(60-37-33(52)31(50)25(47)20-56-37)34(53)38(58-22)61-36-32(51)26(48)21-57-39(36)59-29-12-13-43(6)27(42(29,4)5)11-14-45(8)28(43)10-9-23-24-19-41(2,3)15-17-46(24,40(54)55)18-16-44(23,45)7/h9,22,24-39,47-53H,10-21H2,1-8H3,(H,54,55)/t22-,24-,25+,26-,27-,28+,29-,30-,31-,32-,33+,34+,35+,36+,37-,38-,39-,43-,44+,45+,46-/m0/s1. The van der Waals surface area contributed by atoms with Crippen molar-refractivity contribution in [1.82, 2.24) is 0 Å². The van der Waals surface area contributed by atoms with E-state index in [-0.39, 0.29) is 58.2 Å². The van der Waals surface area contributed by atoms with Gasteiger partial charge < -0.3 is 69.3 Å². The van der Waals surface area contributed by atoms with E-state index in [1.165, 1.54) is 12.5 Å². The molecular weight excluding hydrogens is 792 g/mol. The fourth-order valence-corrected chi connectivity index (χ4v) is 14.5. The zero-order valence-electron chi connectivity index (χ0n) is 37.3. The zero-order chi connectivity index (χ0) is 44.4. The summed E-state index contributed by atoms with van der Waals surface area (Å²) in [4.78, 5) is 13.1. The Kier molecular flexibility index (Phi) is 12.1. The van der Waals surface area contributed by atoms with E-state index in [9.17, 15) is 45.6 Å². The van der Waals surface area contributed by atoms with Crippen molar-refractivity contribution >= 4 is 5.97 Å². The van der Waals surface area contributed by atoms with Crippen LogP contribution in [0, 0.1) is 50.2 Å². The average Bonchev–Trinajstić information content (AvgIpc) is 3.18. The van der Waals surface area contributed by atoms with Crippen molar-refractivity contribution < 1.29 is 74.1 Å². The van der Waals surface area contributed by atoms with Gasteiger partial charge in [-0.3, -0.25) is 4.79 Å². The van der Waals surface area contributed by atoms with E-state index in [0.717, 1.165) is 57.8 Å². The van der Waals surface area contributed by atoms with Crippen molar-refractivity contribution in [3.05, 3.63) is 11.6 Å². The molecule has 4 saturated carbocycles. The van der Waals surface area contributed by atoms with Crippen LogP contribution in [0.15, 0.2) is 11.6 Å². The number of fused-ring (bicyclic) bond motifs is 7. The number of aliphatic hydroxyl groups excluding tert-OH is 7. The fourth-order valence-electron chi connectivity index (χ4n) is 14.5. The Morgan fingerprint density at radius 2 is 1.31 bits per heavy atom. The third kappa shape index (κ3) is 7.21. The van der Waals surface area contributed by atoms with Gasteiger partial charge in [-0.2, -0.15) is 0 Å². The third-order valence-electron chi connectivity index (χ3n) is 18.5. The first kappa shape index (κ1) is 46.2. The molecule has 0 aromatic rings. The molecule has 348 valence electrons. The number of ether oxygens (including phenoxy) is 6. The first-order chi connectivity index (χ1) is 28.4. The van der Waals surface area contributed by atoms with E-state index >= 15 is 0 Å². The highest BCUT2D eigenvalue weighted by Crippen LogP contribution is 2.76. The monoisotopic (exact) mass is 867 g/mol. The van der Waals surface area contributed by atoms with E-state index in [0.29, 0.717) is 12.3 Å². The van der Waals surface area contributed by atoms with E-state index in [1.807, 2.05) is 0 Å². The van der Waals surface area contributed by atoms with Gasteiger partial charge in [-0.05, 0) is 116 Å². The normalized spacial score (nSPS) is 54.3. The lowest BCUT2D eigenvalue weighted by Crippen LogP contribution is -2.66. The highest BCUT2D eigenvalue weighted by atomic mass is 16.8. The van der Waals surface area contributed by atoms with Gasteiger partial charge in [0.1, 0.15) is 54.9 Å². The minimum absolute atomic E-state index is 0.0145. The fraction of sp³-hybridized carbons (Fsp3) is 0.935. The number of carbonyl (C=O) groups is 1. The number of aliphatic hydroxyl groups is 7. The lowest BCUT2D eigenvalue weighted by atomic mass is 9.33. The van der Waals surface area contributed by atoms with Gasteiger partial charge in [0, 0.05) is 0 Å². The molecule has 3 heterocycles. The quantitative estimate of drug-likeness (QED) is 0.136. The maximum atomic E-state index is 13.1. The van der Waals surface area contributed by atoms with Gasteiger partial charge in [-0.25, -0.2) is 0 Å². The van der Waals surface area contributed by atoms with Crippen LogP contribution in [0.5, 0.6) is 0 Å². The van der Waals surface area contributed by atoms with Gasteiger partial charge >= 0.3 is 5.97 Å². The molecule has 0 aromatic heterocycles. The van der Waals surface area contributed by atoms with Gasteiger partial charge in [-0.1, -0.05) is 60.1 Å². The summed E-state index contributed by atoms with van der Waals surface area (Å²) in [6.45, 7) is 17.5. The van der Waals surface area contributed by atoms with Crippen LogP contribution in [0.2, 0.25) is 0 Å². The summed E-state index contributed by atoms with van der Waals surface area (Å²) in [6, 6.07) is 0. The Balaban J connectivity index is 1.00. The summed E-state index contributed by atoms with van der Waals surface area (Å²) in [5.41, 5.74) is 0.298. The van der Waals surface area contributed by atoms with E-state index < -0.39 is 91.3 Å². The van der Waals surface area contributed by atoms with Gasteiger partial charge in [0.05, 0.1) is 30.8 Å². The molecule has 8 N–H and O–H groups in total. The molecule has 3 aliphatic heterocycles. The van der Waals surface area contributed by atoms with Gasteiger partial charge in [0.15, 0.2) is 18.9 Å². The van der Waals surface area contributed by atoms with Gasteiger partial charge in [0.2, 0.25) is 0 Å². The van der Waals surface area contributed by atoms with E-state index in [1.54, 1.807) is 0 Å². The largest absolute Gasteiger partial charge is 0.481 e. The second kappa shape index (κ2) is 15.9. The summed E-state index contributed by atoms with van der Waals surface area (Å²) >= 11 is 0. The molecule has 0 spiro atoms. The van der Waals surface area contributed by atoms with E-state index in [4.69, 9.17) is 28.4 Å². The van der Waals surface area contributed by atoms with Crippen LogP contribution in [0.3, 0.4) is 0 Å². The predicted molar refractivity (Wildman–Crippen MR) is 217 cm³/mol. The molecule has 0 aromatic carbocycles. The van der Waals surface area contributed by atoms with Crippen molar-refractivity contribution in [1.29, 1.82) is 0 Å². The van der Waals surface area contributed by atoms with Crippen LogP contribution in [0.1, 0.15) is 120 Å². The molecule has 3 saturated heterocycles. The molecule has 8 aliphatic rings. The number of hydrogen-bond donors (Lipinski definition) is 8. The molecule has 0 amide bonds. The lowest BCUT2D eigenvalue weighted by Gasteiger charge is -2.71. The lowest BCUT2D eigenvalue weighted by molar-refractivity contribution is -0.378. The summed E-state index contributed by atoms with van der Waals surface area (Å²) < 4.78 is 36.2. The van der Waals surface area contributed by atoms with Crippen molar-refractivity contribution in [3.63, 3.8) is 0 Å². The summed E-state index contributed by atoms with van der Waals surface area (Å²) in [5.74, 6) is 0.0702. The van der Waals surface area contributed by atoms with Crippen LogP contribution < -0.4 is 0 Å². The highest BCUT2D eigenvalue weighted by molar-refractivity contribution is 5.76. The van der Waals surface area contributed by atoms with Gasteiger partial charge in [0.25, 0.3) is 0 Å². The Bertz CT molecular complexity index is 1670. The summed E-state index contributed by atoms with van der Waals surface area (Å²) in [7, 11) is 0. The Morgan fingerprint density at radius 1 is 0.672 bits per heavy atom.